The predicted molar refractivity (Wildman–Crippen MR) is 70.9 cm³/mol. The average molecular weight is 268 g/mol. The van der Waals surface area contributed by atoms with Crippen molar-refractivity contribution in [2.45, 2.75) is 37.0 Å². The van der Waals surface area contributed by atoms with Gasteiger partial charge in [0.2, 0.25) is 0 Å². The van der Waals surface area contributed by atoms with Crippen LogP contribution < -0.4 is 0 Å². The topological polar surface area (TPSA) is 54.4 Å². The minimum Gasteiger partial charge on any atom is -0.393 e. The van der Waals surface area contributed by atoms with Crippen LogP contribution >= 0.6 is 0 Å². The summed E-state index contributed by atoms with van der Waals surface area (Å²) in [5.74, 6) is 0.207. The quantitative estimate of drug-likeness (QED) is 0.910. The predicted octanol–water partition coefficient (Wildman–Crippen LogP) is 2.11. The molecule has 4 heteroatoms. The molecule has 1 N–H and O–H groups in total. The van der Waals surface area contributed by atoms with Crippen LogP contribution in [0.5, 0.6) is 0 Å². The summed E-state index contributed by atoms with van der Waals surface area (Å²) < 4.78 is 25.0. The number of aliphatic hydroxyl groups excluding tert-OH is 1. The summed E-state index contributed by atoms with van der Waals surface area (Å²) >= 11 is 0. The van der Waals surface area contributed by atoms with Gasteiger partial charge in [-0.1, -0.05) is 32.0 Å². The highest BCUT2D eigenvalue weighted by molar-refractivity contribution is 7.92. The van der Waals surface area contributed by atoms with E-state index in [1.807, 2.05) is 13.8 Å². The van der Waals surface area contributed by atoms with Gasteiger partial charge in [0.25, 0.3) is 0 Å². The Balaban J connectivity index is 2.33. The summed E-state index contributed by atoms with van der Waals surface area (Å²) in [6.07, 6.45) is -0.569. The third-order valence-corrected chi connectivity index (χ3v) is 6.09. The van der Waals surface area contributed by atoms with E-state index < -0.39 is 21.2 Å². The molecular weight excluding hydrogens is 248 g/mol. The number of aliphatic hydroxyl groups is 1. The fraction of sp³-hybridized carbons (Fsp3) is 0.571. The lowest BCUT2D eigenvalue weighted by Gasteiger charge is -2.05. The second kappa shape index (κ2) is 4.67. The molecule has 0 aliphatic heterocycles. The molecule has 0 unspecified atom stereocenters. The zero-order chi connectivity index (χ0) is 13.5. The Hall–Kier alpha value is -0.870. The van der Waals surface area contributed by atoms with Gasteiger partial charge in [-0.15, -0.1) is 0 Å². The lowest BCUT2D eigenvalue weighted by molar-refractivity contribution is 0.160. The Morgan fingerprint density at radius 1 is 1.06 bits per heavy atom. The van der Waals surface area contributed by atoms with Gasteiger partial charge < -0.3 is 5.11 Å². The largest absolute Gasteiger partial charge is 0.393 e. The highest BCUT2D eigenvalue weighted by atomic mass is 32.2. The monoisotopic (exact) mass is 268 g/mol. The Labute approximate surface area is 109 Å². The first-order valence-electron chi connectivity index (χ1n) is 6.34. The lowest BCUT2D eigenvalue weighted by Crippen LogP contribution is -2.14. The van der Waals surface area contributed by atoms with Gasteiger partial charge in [0.1, 0.15) is 0 Å². The molecule has 100 valence electrons. The molecule has 0 aromatic heterocycles. The molecule has 0 amide bonds. The van der Waals surface area contributed by atoms with E-state index >= 15 is 0 Å². The summed E-state index contributed by atoms with van der Waals surface area (Å²) in [6.45, 7) is 5.71. The van der Waals surface area contributed by atoms with Crippen LogP contribution in [0.25, 0.3) is 0 Å². The van der Waals surface area contributed by atoms with E-state index in [-0.39, 0.29) is 17.8 Å². The molecule has 0 saturated heterocycles. The molecule has 4 atom stereocenters. The number of benzene rings is 1. The van der Waals surface area contributed by atoms with Crippen molar-refractivity contribution in [1.29, 1.82) is 0 Å². The Bertz CT molecular complexity index is 491. The molecular formula is C14H20O3S. The summed E-state index contributed by atoms with van der Waals surface area (Å²) in [6, 6.07) is 8.53. The summed E-state index contributed by atoms with van der Waals surface area (Å²) in [5.41, 5.74) is 0. The Kier molecular flexibility index (Phi) is 3.52. The van der Waals surface area contributed by atoms with Crippen molar-refractivity contribution in [2.75, 3.05) is 0 Å². The van der Waals surface area contributed by atoms with E-state index in [2.05, 4.69) is 0 Å². The van der Waals surface area contributed by atoms with E-state index in [0.29, 0.717) is 4.90 Å². The van der Waals surface area contributed by atoms with Gasteiger partial charge in [-0.3, -0.25) is 0 Å². The van der Waals surface area contributed by atoms with Crippen molar-refractivity contribution in [1.82, 2.24) is 0 Å². The second-order valence-corrected chi connectivity index (χ2v) is 7.57. The van der Waals surface area contributed by atoms with Gasteiger partial charge in [0.15, 0.2) is 9.84 Å². The number of rotatable bonds is 4. The second-order valence-electron chi connectivity index (χ2n) is 5.46. The molecule has 0 bridgehead atoms. The van der Waals surface area contributed by atoms with Crippen molar-refractivity contribution in [3.05, 3.63) is 30.3 Å². The zero-order valence-electron chi connectivity index (χ0n) is 10.9. The molecule has 1 aromatic carbocycles. The number of sulfone groups is 1. The van der Waals surface area contributed by atoms with E-state index in [0.717, 1.165) is 0 Å². The van der Waals surface area contributed by atoms with Gasteiger partial charge in [-0.2, -0.15) is 0 Å². The van der Waals surface area contributed by atoms with E-state index in [1.165, 1.54) is 0 Å². The van der Waals surface area contributed by atoms with Crippen LogP contribution in [0.1, 0.15) is 20.8 Å². The van der Waals surface area contributed by atoms with Gasteiger partial charge in [0, 0.05) is 5.92 Å². The minimum atomic E-state index is -3.31. The maximum atomic E-state index is 12.5. The van der Waals surface area contributed by atoms with Crippen LogP contribution in [0.15, 0.2) is 35.2 Å². The molecule has 1 saturated carbocycles. The highest BCUT2D eigenvalue weighted by Crippen LogP contribution is 2.52. The fourth-order valence-electron chi connectivity index (χ4n) is 2.93. The summed E-state index contributed by atoms with van der Waals surface area (Å²) in [5, 5.41) is 9.30. The Morgan fingerprint density at radius 2 is 1.61 bits per heavy atom. The SMILES string of the molecule is CC(C)[C@H]1[C@@H]([C@@H](C)O)[C@@H]1S(=O)(=O)c1ccccc1. The molecule has 1 fully saturated rings. The van der Waals surface area contributed by atoms with E-state index in [1.54, 1.807) is 37.3 Å². The van der Waals surface area contributed by atoms with Crippen LogP contribution in [0.2, 0.25) is 0 Å². The van der Waals surface area contributed by atoms with Crippen LogP contribution in [0, 0.1) is 17.8 Å². The first kappa shape index (κ1) is 13.6. The smallest absolute Gasteiger partial charge is 0.181 e. The third-order valence-electron chi connectivity index (χ3n) is 3.82. The fourth-order valence-corrected chi connectivity index (χ4v) is 5.42. The van der Waals surface area contributed by atoms with Crippen molar-refractivity contribution in [2.24, 2.45) is 17.8 Å². The Morgan fingerprint density at radius 3 is 2.00 bits per heavy atom. The third kappa shape index (κ3) is 2.19. The first-order valence-corrected chi connectivity index (χ1v) is 7.89. The highest BCUT2D eigenvalue weighted by Gasteiger charge is 2.60. The minimum absolute atomic E-state index is 0.0650. The van der Waals surface area contributed by atoms with Gasteiger partial charge >= 0.3 is 0 Å². The molecule has 0 heterocycles. The molecule has 1 aromatic rings. The van der Waals surface area contributed by atoms with Crippen molar-refractivity contribution >= 4 is 9.84 Å². The number of hydrogen-bond acceptors (Lipinski definition) is 3. The molecule has 1 aliphatic carbocycles. The molecule has 1 aliphatic rings. The van der Waals surface area contributed by atoms with E-state index in [4.69, 9.17) is 0 Å². The molecule has 0 spiro atoms. The number of hydrogen-bond donors (Lipinski definition) is 1. The molecule has 18 heavy (non-hydrogen) atoms. The van der Waals surface area contributed by atoms with Gasteiger partial charge in [0.05, 0.1) is 16.2 Å². The standard InChI is InChI=1S/C14H20O3S/c1-9(2)12-13(10(3)15)14(12)18(16,17)11-7-5-4-6-8-11/h4-10,12-15H,1-3H3/t10-,12+,13-,14-/m1/s1. The van der Waals surface area contributed by atoms with Crippen molar-refractivity contribution in [3.8, 4) is 0 Å². The van der Waals surface area contributed by atoms with Crippen LogP contribution in [-0.4, -0.2) is 24.9 Å². The zero-order valence-corrected chi connectivity index (χ0v) is 11.8. The maximum Gasteiger partial charge on any atom is 0.181 e. The maximum absolute atomic E-state index is 12.5. The first-order chi connectivity index (χ1) is 8.37. The molecule has 2 rings (SSSR count). The summed E-state index contributed by atoms with van der Waals surface area (Å²) in [4.78, 5) is 0.365. The van der Waals surface area contributed by atoms with Crippen molar-refractivity contribution in [3.63, 3.8) is 0 Å². The van der Waals surface area contributed by atoms with E-state index in [9.17, 15) is 13.5 Å². The van der Waals surface area contributed by atoms with Crippen LogP contribution in [0.4, 0.5) is 0 Å². The molecule has 3 nitrogen and oxygen atoms in total. The van der Waals surface area contributed by atoms with Crippen LogP contribution in [0.3, 0.4) is 0 Å². The summed E-state index contributed by atoms with van der Waals surface area (Å²) in [7, 11) is -3.31. The lowest BCUT2D eigenvalue weighted by atomic mass is 10.1. The van der Waals surface area contributed by atoms with Crippen molar-refractivity contribution < 1.29 is 13.5 Å². The normalized spacial score (nSPS) is 29.3. The van der Waals surface area contributed by atoms with Gasteiger partial charge in [-0.25, -0.2) is 8.42 Å². The van der Waals surface area contributed by atoms with Crippen LogP contribution in [-0.2, 0) is 9.84 Å². The van der Waals surface area contributed by atoms with Gasteiger partial charge in [-0.05, 0) is 30.9 Å². The molecule has 0 radical (unpaired) electrons. The average Bonchev–Trinajstić information content (AvgIpc) is 3.06.